The lowest BCUT2D eigenvalue weighted by Gasteiger charge is -2.61. The van der Waals surface area contributed by atoms with E-state index >= 15 is 0 Å². The first kappa shape index (κ1) is 24.0. The van der Waals surface area contributed by atoms with Gasteiger partial charge in [0, 0.05) is 37.3 Å². The minimum atomic E-state index is -0.916. The van der Waals surface area contributed by atoms with Crippen molar-refractivity contribution >= 4 is 5.91 Å². The van der Waals surface area contributed by atoms with Crippen molar-refractivity contribution in [1.82, 2.24) is 19.6 Å². The van der Waals surface area contributed by atoms with Crippen LogP contribution in [-0.2, 0) is 28.6 Å². The first-order chi connectivity index (χ1) is 17.1. The second kappa shape index (κ2) is 8.32. The number of phenols is 1. The van der Waals surface area contributed by atoms with Gasteiger partial charge in [0.05, 0.1) is 11.8 Å². The van der Waals surface area contributed by atoms with Crippen LogP contribution in [-0.4, -0.2) is 73.5 Å². The largest absolute Gasteiger partial charge is 0.508 e. The number of likely N-dealkylation sites (tertiary alicyclic amines) is 2. The molecule has 6 rings (SSSR count). The molecule has 2 saturated heterocycles. The predicted octanol–water partition coefficient (Wildman–Crippen LogP) is 3.22. The maximum absolute atomic E-state index is 13.4. The highest BCUT2D eigenvalue weighted by atomic mass is 16.3. The fourth-order valence-corrected chi connectivity index (χ4v) is 7.19. The van der Waals surface area contributed by atoms with E-state index < -0.39 is 11.0 Å². The summed E-state index contributed by atoms with van der Waals surface area (Å²) in [6.07, 6.45) is 9.36. The molecular weight excluding hydrogens is 452 g/mol. The molecule has 2 aromatic rings. The second-order valence-electron chi connectivity index (χ2n) is 12.8. The Hall–Kier alpha value is -2.38. The van der Waals surface area contributed by atoms with Crippen LogP contribution in [0.25, 0.3) is 0 Å². The van der Waals surface area contributed by atoms with Crippen molar-refractivity contribution in [3.8, 4) is 5.75 Å². The van der Waals surface area contributed by atoms with Crippen molar-refractivity contribution in [1.29, 1.82) is 0 Å². The van der Waals surface area contributed by atoms with Crippen LogP contribution < -0.4 is 0 Å². The molecule has 0 spiro atoms. The summed E-state index contributed by atoms with van der Waals surface area (Å²) in [4.78, 5) is 17.9. The SMILES string of the molecule is CC(C)(C)c1cnn(CC(=O)N2CCC34CCN(CC5CC5)C(Cc5ccc(O)cc53)C4(O)CC2)c1. The van der Waals surface area contributed by atoms with Gasteiger partial charge in [-0.25, -0.2) is 0 Å². The van der Waals surface area contributed by atoms with Gasteiger partial charge >= 0.3 is 0 Å². The zero-order valence-electron chi connectivity index (χ0n) is 21.9. The van der Waals surface area contributed by atoms with Gasteiger partial charge in [-0.15, -0.1) is 0 Å². The highest BCUT2D eigenvalue weighted by Gasteiger charge is 2.63. The molecule has 7 nitrogen and oxygen atoms in total. The number of benzene rings is 1. The molecular formula is C29H40N4O3. The number of hydrogen-bond donors (Lipinski definition) is 2. The highest BCUT2D eigenvalue weighted by molar-refractivity contribution is 5.76. The zero-order chi connectivity index (χ0) is 25.3. The summed E-state index contributed by atoms with van der Waals surface area (Å²) in [5.74, 6) is 1.07. The van der Waals surface area contributed by atoms with E-state index in [4.69, 9.17) is 0 Å². The summed E-state index contributed by atoms with van der Waals surface area (Å²) in [5.41, 5.74) is 2.10. The number of amides is 1. The van der Waals surface area contributed by atoms with Gasteiger partial charge < -0.3 is 15.1 Å². The normalized spacial score (nSPS) is 30.4. The first-order valence-corrected chi connectivity index (χ1v) is 13.7. The molecule has 4 aliphatic rings. The molecule has 1 aromatic carbocycles. The van der Waals surface area contributed by atoms with E-state index in [1.807, 2.05) is 23.4 Å². The van der Waals surface area contributed by atoms with Crippen molar-refractivity contribution in [2.24, 2.45) is 5.92 Å². The molecule has 2 aliphatic heterocycles. The molecule has 194 valence electrons. The molecule has 0 radical (unpaired) electrons. The van der Waals surface area contributed by atoms with Gasteiger partial charge in [0.25, 0.3) is 0 Å². The number of aliphatic hydroxyl groups is 1. The van der Waals surface area contributed by atoms with Gasteiger partial charge in [-0.2, -0.15) is 5.10 Å². The Balaban J connectivity index is 1.29. The maximum Gasteiger partial charge on any atom is 0.244 e. The number of aromatic hydroxyl groups is 1. The number of carbonyl (C=O) groups is 1. The summed E-state index contributed by atoms with van der Waals surface area (Å²) in [6, 6.07) is 5.78. The summed E-state index contributed by atoms with van der Waals surface area (Å²) in [7, 11) is 0. The van der Waals surface area contributed by atoms with E-state index in [1.54, 1.807) is 10.7 Å². The third-order valence-electron chi connectivity index (χ3n) is 9.58. The van der Waals surface area contributed by atoms with E-state index in [9.17, 15) is 15.0 Å². The van der Waals surface area contributed by atoms with Crippen molar-refractivity contribution < 1.29 is 15.0 Å². The third-order valence-corrected chi connectivity index (χ3v) is 9.58. The van der Waals surface area contributed by atoms with Gasteiger partial charge in [0.2, 0.25) is 5.91 Å². The number of rotatable bonds is 4. The lowest BCUT2D eigenvalue weighted by molar-refractivity contribution is -0.149. The minimum Gasteiger partial charge on any atom is -0.508 e. The average Bonchev–Trinajstić information content (AvgIpc) is 3.54. The smallest absolute Gasteiger partial charge is 0.244 e. The Morgan fingerprint density at radius 1 is 1.14 bits per heavy atom. The van der Waals surface area contributed by atoms with E-state index in [0.717, 1.165) is 43.0 Å². The van der Waals surface area contributed by atoms with Crippen LogP contribution in [0.2, 0.25) is 0 Å². The maximum atomic E-state index is 13.4. The van der Waals surface area contributed by atoms with E-state index in [1.165, 1.54) is 18.4 Å². The topological polar surface area (TPSA) is 81.8 Å². The molecule has 3 unspecified atom stereocenters. The van der Waals surface area contributed by atoms with Crippen LogP contribution in [0.4, 0.5) is 0 Å². The van der Waals surface area contributed by atoms with Crippen LogP contribution >= 0.6 is 0 Å². The highest BCUT2D eigenvalue weighted by Crippen LogP contribution is 2.56. The Morgan fingerprint density at radius 3 is 2.61 bits per heavy atom. The Morgan fingerprint density at radius 2 is 1.89 bits per heavy atom. The molecule has 36 heavy (non-hydrogen) atoms. The molecule has 1 aromatic heterocycles. The number of aromatic nitrogens is 2. The Bertz CT molecular complexity index is 1170. The van der Waals surface area contributed by atoms with Gasteiger partial charge in [0.15, 0.2) is 0 Å². The summed E-state index contributed by atoms with van der Waals surface area (Å²) in [6.45, 7) is 9.85. The average molecular weight is 493 g/mol. The molecule has 7 heteroatoms. The fourth-order valence-electron chi connectivity index (χ4n) is 7.19. The Labute approximate surface area is 214 Å². The molecule has 1 amide bonds. The number of hydrogen-bond acceptors (Lipinski definition) is 5. The monoisotopic (exact) mass is 492 g/mol. The molecule has 1 saturated carbocycles. The number of nitrogens with zero attached hydrogens (tertiary/aromatic N) is 4. The number of piperidine rings is 1. The van der Waals surface area contributed by atoms with Crippen molar-refractivity contribution in [2.45, 2.75) is 88.3 Å². The van der Waals surface area contributed by atoms with Crippen LogP contribution in [0.5, 0.6) is 5.75 Å². The standard InChI is InChI=1S/C29H40N4O3/c1-27(2,3)22-16-30-33(18-22)19-26(35)31-11-8-28-9-12-32(17-20-4-5-20)25(29(28,36)10-13-31)14-21-6-7-23(34)15-24(21)28/h6-7,15-16,18,20,25,34,36H,4-5,8-14,17,19H2,1-3H3. The van der Waals surface area contributed by atoms with Crippen LogP contribution in [0.15, 0.2) is 30.6 Å². The predicted molar refractivity (Wildman–Crippen MR) is 138 cm³/mol. The van der Waals surface area contributed by atoms with E-state index in [0.29, 0.717) is 25.9 Å². The van der Waals surface area contributed by atoms with Crippen molar-refractivity contribution in [3.63, 3.8) is 0 Å². The van der Waals surface area contributed by atoms with Crippen molar-refractivity contribution in [2.75, 3.05) is 26.2 Å². The number of fused-ring (bicyclic) bond motifs is 1. The van der Waals surface area contributed by atoms with E-state index in [-0.39, 0.29) is 29.7 Å². The third kappa shape index (κ3) is 3.86. The molecule has 2 bridgehead atoms. The van der Waals surface area contributed by atoms with Gasteiger partial charge in [-0.05, 0) is 85.2 Å². The number of phenolic OH excluding ortho intramolecular Hbond substituents is 1. The lowest BCUT2D eigenvalue weighted by atomic mass is 9.52. The fraction of sp³-hybridized carbons (Fsp3) is 0.655. The van der Waals surface area contributed by atoms with Gasteiger partial charge in [0.1, 0.15) is 12.3 Å². The summed E-state index contributed by atoms with van der Waals surface area (Å²) in [5, 5.41) is 27.4. The minimum absolute atomic E-state index is 0.00912. The lowest BCUT2D eigenvalue weighted by Crippen LogP contribution is -2.71. The molecule has 3 fully saturated rings. The second-order valence-corrected chi connectivity index (χ2v) is 12.8. The molecule has 2 N–H and O–H groups in total. The van der Waals surface area contributed by atoms with Crippen LogP contribution in [0, 0.1) is 5.92 Å². The van der Waals surface area contributed by atoms with Crippen molar-refractivity contribution in [3.05, 3.63) is 47.3 Å². The first-order valence-electron chi connectivity index (χ1n) is 13.7. The van der Waals surface area contributed by atoms with Gasteiger partial charge in [-0.1, -0.05) is 26.8 Å². The summed E-state index contributed by atoms with van der Waals surface area (Å²) >= 11 is 0. The Kier molecular flexibility index (Phi) is 5.54. The van der Waals surface area contributed by atoms with Crippen LogP contribution in [0.3, 0.4) is 0 Å². The zero-order valence-corrected chi connectivity index (χ0v) is 21.9. The summed E-state index contributed by atoms with van der Waals surface area (Å²) < 4.78 is 1.75. The van der Waals surface area contributed by atoms with E-state index in [2.05, 4.69) is 36.8 Å². The molecule has 2 aliphatic carbocycles. The quantitative estimate of drug-likeness (QED) is 0.685. The van der Waals surface area contributed by atoms with Crippen LogP contribution in [0.1, 0.15) is 69.6 Å². The molecule has 3 atom stereocenters. The number of carbonyl (C=O) groups excluding carboxylic acids is 1. The van der Waals surface area contributed by atoms with Gasteiger partial charge in [-0.3, -0.25) is 14.4 Å². The molecule has 3 heterocycles.